The molecule has 2 N–H and O–H groups in total. The zero-order valence-electron chi connectivity index (χ0n) is 40.6. The molecule has 5 aliphatic heterocycles. The molecule has 0 spiro atoms. The fourth-order valence-corrected chi connectivity index (χ4v) is 17.7. The lowest BCUT2D eigenvalue weighted by Gasteiger charge is -2.47. The Hall–Kier alpha value is -5.60. The molecule has 2 amide bonds. The third-order valence-electron chi connectivity index (χ3n) is 15.0. The molecule has 7 heterocycles. The van der Waals surface area contributed by atoms with Crippen LogP contribution >= 0.6 is 0 Å². The highest BCUT2D eigenvalue weighted by atomic mass is 28.3. The number of benzene rings is 2. The first-order chi connectivity index (χ1) is 31.9. The smallest absolute Gasteiger partial charge is 0.412 e. The number of piperazine rings is 1. The second kappa shape index (κ2) is 16.8. The van der Waals surface area contributed by atoms with Gasteiger partial charge in [-0.25, -0.2) is 27.7 Å². The van der Waals surface area contributed by atoms with Crippen LogP contribution in [0.3, 0.4) is 0 Å². The van der Waals surface area contributed by atoms with Gasteiger partial charge in [0.05, 0.1) is 30.2 Å². The van der Waals surface area contributed by atoms with Crippen molar-refractivity contribution in [3.8, 4) is 34.6 Å². The van der Waals surface area contributed by atoms with Crippen LogP contribution < -0.4 is 19.7 Å². The Morgan fingerprint density at radius 2 is 1.78 bits per heavy atom. The van der Waals surface area contributed by atoms with Gasteiger partial charge in [-0.3, -0.25) is 15.1 Å². The zero-order valence-corrected chi connectivity index (χ0v) is 41.6. The second-order valence-corrected chi connectivity index (χ2v) is 27.2. The molecule has 2 aromatic heterocycles. The summed E-state index contributed by atoms with van der Waals surface area (Å²) in [6.07, 6.45) is -1.38. The summed E-state index contributed by atoms with van der Waals surface area (Å²) < 4.78 is 67.1. The van der Waals surface area contributed by atoms with Crippen LogP contribution in [0.4, 0.5) is 34.3 Å². The van der Waals surface area contributed by atoms with Gasteiger partial charge in [-0.1, -0.05) is 71.7 Å². The number of ether oxygens (including phenoxy) is 3. The average Bonchev–Trinajstić information content (AvgIpc) is 3.76. The number of pyridine rings is 1. The van der Waals surface area contributed by atoms with Gasteiger partial charge in [0.25, 0.3) is 5.92 Å². The molecular formula is C51H62F3N7O6Si. The van der Waals surface area contributed by atoms with Crippen molar-refractivity contribution in [1.82, 2.24) is 24.8 Å². The van der Waals surface area contributed by atoms with Crippen molar-refractivity contribution in [1.29, 1.82) is 0 Å². The number of carbonyl (C=O) groups is 2. The third kappa shape index (κ3) is 8.08. The minimum atomic E-state index is -2.94. The summed E-state index contributed by atoms with van der Waals surface area (Å²) in [5, 5.41) is 14.7. The highest BCUT2D eigenvalue weighted by molar-refractivity contribution is 6.90. The van der Waals surface area contributed by atoms with Crippen molar-refractivity contribution in [2.75, 3.05) is 36.5 Å². The molecule has 0 saturated carbocycles. The first kappa shape index (κ1) is 47.5. The molecule has 2 bridgehead atoms. The van der Waals surface area contributed by atoms with Crippen LogP contribution in [0.15, 0.2) is 42.5 Å². The van der Waals surface area contributed by atoms with Crippen LogP contribution in [-0.2, 0) is 4.74 Å². The Labute approximate surface area is 396 Å². The molecule has 5 aliphatic rings. The molecule has 0 aliphatic carbocycles. The van der Waals surface area contributed by atoms with Gasteiger partial charge in [0.15, 0.2) is 5.82 Å². The van der Waals surface area contributed by atoms with E-state index in [9.17, 15) is 14.7 Å². The molecule has 0 radical (unpaired) electrons. The second-order valence-electron chi connectivity index (χ2n) is 21.6. The lowest BCUT2D eigenvalue weighted by atomic mass is 9.93. The minimum Gasteiger partial charge on any atom is -0.472 e. The van der Waals surface area contributed by atoms with Gasteiger partial charge >= 0.3 is 18.2 Å². The van der Waals surface area contributed by atoms with Crippen LogP contribution in [0.5, 0.6) is 11.9 Å². The largest absolute Gasteiger partial charge is 0.472 e. The minimum absolute atomic E-state index is 0.0259. The number of carbonyl (C=O) groups excluding carboxylic acids is 1. The van der Waals surface area contributed by atoms with E-state index < -0.39 is 74.3 Å². The van der Waals surface area contributed by atoms with Crippen molar-refractivity contribution < 1.29 is 42.1 Å². The number of aromatic nitrogens is 3. The van der Waals surface area contributed by atoms with E-state index in [1.807, 2.05) is 30.0 Å². The van der Waals surface area contributed by atoms with Crippen LogP contribution in [0.2, 0.25) is 16.6 Å². The molecule has 4 aromatic rings. The quantitative estimate of drug-likeness (QED) is 0.0990. The van der Waals surface area contributed by atoms with E-state index in [2.05, 4.69) is 64.9 Å². The highest BCUT2D eigenvalue weighted by Crippen LogP contribution is 2.50. The van der Waals surface area contributed by atoms with Crippen molar-refractivity contribution in [2.45, 2.75) is 153 Å². The van der Waals surface area contributed by atoms with Gasteiger partial charge in [-0.05, 0) is 87.2 Å². The maximum atomic E-state index is 18.3. The molecule has 17 heteroatoms. The molecule has 2 aromatic carbocycles. The number of rotatable bonds is 8. The van der Waals surface area contributed by atoms with Crippen LogP contribution in [0, 0.1) is 17.3 Å². The van der Waals surface area contributed by atoms with Gasteiger partial charge in [-0.15, -0.1) is 5.54 Å². The number of alkyl halides is 2. The maximum Gasteiger partial charge on any atom is 0.412 e. The van der Waals surface area contributed by atoms with Gasteiger partial charge in [-0.2, -0.15) is 9.97 Å². The van der Waals surface area contributed by atoms with Gasteiger partial charge < -0.3 is 24.2 Å². The summed E-state index contributed by atoms with van der Waals surface area (Å²) in [7, 11) is -2.27. The van der Waals surface area contributed by atoms with Crippen LogP contribution in [0.25, 0.3) is 32.9 Å². The highest BCUT2D eigenvalue weighted by Gasteiger charge is 2.58. The summed E-state index contributed by atoms with van der Waals surface area (Å²) in [4.78, 5) is 45.8. The lowest BCUT2D eigenvalue weighted by molar-refractivity contribution is 0.00925. The number of nitrogens with one attached hydrogen (secondary N) is 1. The fourth-order valence-electron chi connectivity index (χ4n) is 12.5. The summed E-state index contributed by atoms with van der Waals surface area (Å²) >= 11 is 0. The molecule has 4 saturated heterocycles. The number of hydrogen-bond acceptors (Lipinski definition) is 10. The Morgan fingerprint density at radius 1 is 1.06 bits per heavy atom. The number of nitrogens with zero attached hydrogens (tertiary/aromatic N) is 6. The predicted octanol–water partition coefficient (Wildman–Crippen LogP) is 10.8. The molecule has 13 nitrogen and oxygen atoms in total. The number of anilines is 2. The topological polar surface area (TPSA) is 142 Å². The zero-order chi connectivity index (χ0) is 49.0. The monoisotopic (exact) mass is 953 g/mol. The third-order valence-corrected chi connectivity index (χ3v) is 21.3. The number of carboxylic acid groups (broad SMARTS) is 1. The van der Waals surface area contributed by atoms with E-state index in [0.29, 0.717) is 70.0 Å². The number of hydrogen-bond donors (Lipinski definition) is 2. The Balaban J connectivity index is 1.27. The van der Waals surface area contributed by atoms with Crippen molar-refractivity contribution >= 4 is 53.4 Å². The normalized spacial score (nSPS) is 24.3. The summed E-state index contributed by atoms with van der Waals surface area (Å²) in [6, 6.07) is 7.45. The molecule has 9 rings (SSSR count). The SMILES string of the molecule is C=C1CN2CC(F)(F)CC2(COc2nc3c4c(nc(-c5cc(NC(=O)OC(C)(C)C)cc6cccc(C#C[Si](C(C)C)(C(C)C)C(C)C)c56)c(F)c4n2)OC(C)C2C4CCC(CN32)N4C(=O)O)C1. The Morgan fingerprint density at radius 3 is 2.46 bits per heavy atom. The summed E-state index contributed by atoms with van der Waals surface area (Å²) in [5.74, 6) is 0.0901. The summed E-state index contributed by atoms with van der Waals surface area (Å²) in [5.41, 5.74) is 4.72. The lowest BCUT2D eigenvalue weighted by Crippen LogP contribution is -2.64. The van der Waals surface area contributed by atoms with E-state index in [4.69, 9.17) is 29.2 Å². The number of fused-ring (bicyclic) bond motifs is 7. The van der Waals surface area contributed by atoms with Crippen LogP contribution in [-0.4, -0.2) is 118 Å². The molecule has 4 fully saturated rings. The van der Waals surface area contributed by atoms with E-state index in [0.717, 1.165) is 5.57 Å². The molecule has 68 heavy (non-hydrogen) atoms. The van der Waals surface area contributed by atoms with Gasteiger partial charge in [0, 0.05) is 41.7 Å². The number of halogens is 3. The fraction of sp³-hybridized carbons (Fsp3) is 0.549. The first-order valence-corrected chi connectivity index (χ1v) is 26.0. The van der Waals surface area contributed by atoms with E-state index in [1.54, 1.807) is 37.8 Å². The van der Waals surface area contributed by atoms with Crippen LogP contribution in [0.1, 0.15) is 100 Å². The maximum absolute atomic E-state index is 18.3. The molecule has 5 atom stereocenters. The summed E-state index contributed by atoms with van der Waals surface area (Å²) in [6.45, 7) is 24.6. The van der Waals surface area contributed by atoms with Gasteiger partial charge in [0.1, 0.15) is 48.8 Å². The molecule has 5 unspecified atom stereocenters. The van der Waals surface area contributed by atoms with E-state index in [-0.39, 0.29) is 53.5 Å². The Bertz CT molecular complexity index is 2780. The Kier molecular flexibility index (Phi) is 11.7. The standard InChI is InChI=1S/C51H62F3N7O6Si/c1-27(2)68(28(3)4,29(5)6)18-17-32-13-12-14-33-19-34(55-47(62)67-49(9,10)11)20-36(38(32)33)41-40(52)42-39-44(58-46(57-42)65-26-50-21-30(7)22-59(50)25-51(53,54)24-50)60-23-35-15-16-37(61(35)48(63)64)43(60)31(8)66-45(39)56-41/h12-14,19-20,27-29,31,35,37,43H,7,15-16,21-26H2,1-6,8-11H3,(H,55,62)(H,63,64). The van der Waals surface area contributed by atoms with E-state index >= 15 is 13.2 Å². The molecular weight excluding hydrogens is 892 g/mol. The van der Waals surface area contributed by atoms with Gasteiger partial charge in [0.2, 0.25) is 5.88 Å². The first-order valence-electron chi connectivity index (χ1n) is 23.8. The average molecular weight is 954 g/mol. The predicted molar refractivity (Wildman–Crippen MR) is 259 cm³/mol. The van der Waals surface area contributed by atoms with E-state index in [1.165, 1.54) is 4.90 Å². The molecule has 362 valence electrons. The van der Waals surface area contributed by atoms with Crippen molar-refractivity contribution in [3.05, 3.63) is 53.9 Å². The number of amides is 2. The van der Waals surface area contributed by atoms with Crippen molar-refractivity contribution in [3.63, 3.8) is 0 Å². The van der Waals surface area contributed by atoms with Crippen molar-refractivity contribution in [2.24, 2.45) is 0 Å².